The second-order valence-corrected chi connectivity index (χ2v) is 7.46. The molecule has 160 valence electrons. The van der Waals surface area contributed by atoms with Gasteiger partial charge in [-0.3, -0.25) is 4.79 Å². The van der Waals surface area contributed by atoms with E-state index in [4.69, 9.17) is 9.47 Å². The maximum Gasteiger partial charge on any atom is 0.281 e. The molecule has 0 saturated heterocycles. The minimum Gasteiger partial charge on any atom is -0.493 e. The Kier molecular flexibility index (Phi) is 7.44. The molecule has 0 aliphatic rings. The first kappa shape index (κ1) is 22.5. The lowest BCUT2D eigenvalue weighted by atomic mass is 9.85. The van der Waals surface area contributed by atoms with Crippen molar-refractivity contribution in [2.24, 2.45) is 5.10 Å². The van der Waals surface area contributed by atoms with Gasteiger partial charge in [0.1, 0.15) is 0 Å². The molecule has 0 aliphatic carbocycles. The van der Waals surface area contributed by atoms with Crippen molar-refractivity contribution in [3.63, 3.8) is 0 Å². The summed E-state index contributed by atoms with van der Waals surface area (Å²) >= 11 is 3.46. The third kappa shape index (κ3) is 4.95. The Balaban J connectivity index is 1.87. The molecule has 31 heavy (non-hydrogen) atoms. The normalized spacial score (nSPS) is 11.4. The van der Waals surface area contributed by atoms with Crippen LogP contribution in [0.2, 0.25) is 0 Å². The molecule has 3 rings (SSSR count). The smallest absolute Gasteiger partial charge is 0.281 e. The number of aliphatic hydroxyl groups is 1. The molecule has 3 aromatic carbocycles. The van der Waals surface area contributed by atoms with Gasteiger partial charge in [0, 0.05) is 0 Å². The molecule has 0 aliphatic heterocycles. The van der Waals surface area contributed by atoms with Crippen molar-refractivity contribution in [3.8, 4) is 11.5 Å². The van der Waals surface area contributed by atoms with Crippen LogP contribution in [0.3, 0.4) is 0 Å². The van der Waals surface area contributed by atoms with Crippen molar-refractivity contribution in [1.29, 1.82) is 0 Å². The molecular formula is C24H23BrN2O4. The van der Waals surface area contributed by atoms with E-state index in [1.165, 1.54) is 6.21 Å². The van der Waals surface area contributed by atoms with E-state index in [0.717, 1.165) is 0 Å². The average Bonchev–Trinajstić information content (AvgIpc) is 2.81. The summed E-state index contributed by atoms with van der Waals surface area (Å²) in [6.07, 6.45) is 1.47. The highest BCUT2D eigenvalue weighted by Crippen LogP contribution is 2.36. The van der Waals surface area contributed by atoms with Gasteiger partial charge in [0.25, 0.3) is 5.91 Å². The van der Waals surface area contributed by atoms with Crippen molar-refractivity contribution in [1.82, 2.24) is 5.43 Å². The van der Waals surface area contributed by atoms with E-state index in [0.29, 0.717) is 39.3 Å². The lowest BCUT2D eigenvalue weighted by molar-refractivity contribution is -0.136. The fraction of sp³-hybridized carbons (Fsp3) is 0.167. The first-order valence-electron chi connectivity index (χ1n) is 9.68. The van der Waals surface area contributed by atoms with E-state index in [1.807, 2.05) is 19.1 Å². The molecule has 0 atom stereocenters. The second-order valence-electron chi connectivity index (χ2n) is 6.61. The number of hydrogen-bond acceptors (Lipinski definition) is 5. The first-order valence-corrected chi connectivity index (χ1v) is 10.5. The number of rotatable bonds is 8. The zero-order valence-electron chi connectivity index (χ0n) is 17.2. The Bertz CT molecular complexity index is 1020. The van der Waals surface area contributed by atoms with Crippen molar-refractivity contribution in [3.05, 3.63) is 94.0 Å². The SMILES string of the molecule is CCOc1c(Br)cc(/C=N\NC(=O)C(O)(c2ccccc2)c2ccccc2)cc1OC. The van der Waals surface area contributed by atoms with Crippen LogP contribution in [0.15, 0.2) is 82.4 Å². The number of ether oxygens (including phenoxy) is 2. The number of carbonyl (C=O) groups is 1. The van der Waals surface area contributed by atoms with Gasteiger partial charge in [-0.1, -0.05) is 60.7 Å². The summed E-state index contributed by atoms with van der Waals surface area (Å²) in [5.74, 6) is 0.459. The Morgan fingerprint density at radius 2 is 1.68 bits per heavy atom. The Morgan fingerprint density at radius 1 is 1.10 bits per heavy atom. The van der Waals surface area contributed by atoms with E-state index < -0.39 is 11.5 Å². The summed E-state index contributed by atoms with van der Waals surface area (Å²) < 4.78 is 11.7. The summed E-state index contributed by atoms with van der Waals surface area (Å²) in [6.45, 7) is 2.38. The molecule has 0 bridgehead atoms. The van der Waals surface area contributed by atoms with E-state index in [-0.39, 0.29) is 0 Å². The first-order chi connectivity index (χ1) is 15.0. The Labute approximate surface area is 189 Å². The standard InChI is InChI=1S/C24H23BrN2O4/c1-3-31-22-20(25)14-17(15-21(22)30-2)16-26-27-23(28)24(29,18-10-6-4-7-11-18)19-12-8-5-9-13-19/h4-16,29H,3H2,1-2H3,(H,27,28)/b26-16-. The maximum atomic E-state index is 13.1. The van der Waals surface area contributed by atoms with Crippen LogP contribution in [0, 0.1) is 0 Å². The van der Waals surface area contributed by atoms with Gasteiger partial charge in [0.2, 0.25) is 0 Å². The Morgan fingerprint density at radius 3 is 2.19 bits per heavy atom. The van der Waals surface area contributed by atoms with E-state index in [9.17, 15) is 9.90 Å². The Hall–Kier alpha value is -3.16. The van der Waals surface area contributed by atoms with Crippen LogP contribution in [0.25, 0.3) is 0 Å². The lowest BCUT2D eigenvalue weighted by Gasteiger charge is -2.27. The zero-order valence-corrected chi connectivity index (χ0v) is 18.8. The van der Waals surface area contributed by atoms with Gasteiger partial charge in [0.05, 0.1) is 24.4 Å². The summed E-state index contributed by atoms with van der Waals surface area (Å²) in [5, 5.41) is 15.5. The third-order valence-electron chi connectivity index (χ3n) is 4.63. The topological polar surface area (TPSA) is 80.2 Å². The highest BCUT2D eigenvalue weighted by Gasteiger charge is 2.39. The molecule has 0 saturated carbocycles. The molecule has 0 fully saturated rings. The van der Waals surface area contributed by atoms with Gasteiger partial charge in [-0.25, -0.2) is 5.43 Å². The number of nitrogens with one attached hydrogen (secondary N) is 1. The second kappa shape index (κ2) is 10.2. The predicted octanol–water partition coefficient (Wildman–Crippen LogP) is 4.24. The number of benzene rings is 3. The molecule has 6 nitrogen and oxygen atoms in total. The fourth-order valence-corrected chi connectivity index (χ4v) is 3.71. The largest absolute Gasteiger partial charge is 0.493 e. The van der Waals surface area contributed by atoms with Crippen LogP contribution in [0.1, 0.15) is 23.6 Å². The summed E-state index contributed by atoms with van der Waals surface area (Å²) in [4.78, 5) is 13.1. The maximum absolute atomic E-state index is 13.1. The number of hydrogen-bond donors (Lipinski definition) is 2. The molecule has 2 N–H and O–H groups in total. The third-order valence-corrected chi connectivity index (χ3v) is 5.22. The van der Waals surface area contributed by atoms with Crippen LogP contribution in [-0.4, -0.2) is 30.9 Å². The number of halogens is 1. The monoisotopic (exact) mass is 482 g/mol. The van der Waals surface area contributed by atoms with Crippen molar-refractivity contribution >= 4 is 28.1 Å². The molecule has 1 amide bonds. The zero-order chi connectivity index (χ0) is 22.3. The van der Waals surface area contributed by atoms with Crippen molar-refractivity contribution in [2.75, 3.05) is 13.7 Å². The average molecular weight is 483 g/mol. The lowest BCUT2D eigenvalue weighted by Crippen LogP contribution is -2.43. The molecule has 7 heteroatoms. The van der Waals surface area contributed by atoms with Crippen molar-refractivity contribution in [2.45, 2.75) is 12.5 Å². The molecular weight excluding hydrogens is 460 g/mol. The number of nitrogens with zero attached hydrogens (tertiary/aromatic N) is 1. The summed E-state index contributed by atoms with van der Waals surface area (Å²) in [7, 11) is 1.55. The molecule has 0 aromatic heterocycles. The van der Waals surface area contributed by atoms with Gasteiger partial charge < -0.3 is 14.6 Å². The van der Waals surface area contributed by atoms with Gasteiger partial charge in [-0.05, 0) is 51.7 Å². The minimum atomic E-state index is -1.89. The predicted molar refractivity (Wildman–Crippen MR) is 123 cm³/mol. The molecule has 0 radical (unpaired) electrons. The van der Waals surface area contributed by atoms with Gasteiger partial charge in [-0.2, -0.15) is 5.10 Å². The molecule has 0 heterocycles. The van der Waals surface area contributed by atoms with E-state index >= 15 is 0 Å². The summed E-state index contributed by atoms with van der Waals surface area (Å²) in [6, 6.07) is 21.0. The van der Waals surface area contributed by atoms with Gasteiger partial charge in [-0.15, -0.1) is 0 Å². The number of amides is 1. The molecule has 0 spiro atoms. The van der Waals surface area contributed by atoms with Crippen LogP contribution in [0.5, 0.6) is 11.5 Å². The number of hydrazone groups is 1. The highest BCUT2D eigenvalue weighted by molar-refractivity contribution is 9.10. The van der Waals surface area contributed by atoms with Gasteiger partial charge >= 0.3 is 0 Å². The molecule has 0 unspecified atom stereocenters. The number of methoxy groups -OCH3 is 1. The summed E-state index contributed by atoms with van der Waals surface area (Å²) in [5.41, 5.74) is 2.13. The van der Waals surface area contributed by atoms with Crippen LogP contribution >= 0.6 is 15.9 Å². The van der Waals surface area contributed by atoms with Crippen LogP contribution in [0.4, 0.5) is 0 Å². The van der Waals surface area contributed by atoms with Gasteiger partial charge in [0.15, 0.2) is 17.1 Å². The number of carbonyl (C=O) groups excluding carboxylic acids is 1. The minimum absolute atomic E-state index is 0.444. The van der Waals surface area contributed by atoms with Crippen molar-refractivity contribution < 1.29 is 19.4 Å². The van der Waals surface area contributed by atoms with Crippen LogP contribution < -0.4 is 14.9 Å². The van der Waals surface area contributed by atoms with Crippen LogP contribution in [-0.2, 0) is 10.4 Å². The van der Waals surface area contributed by atoms with E-state index in [1.54, 1.807) is 67.8 Å². The highest BCUT2D eigenvalue weighted by atomic mass is 79.9. The quantitative estimate of drug-likeness (QED) is 0.371. The molecule has 3 aromatic rings. The fourth-order valence-electron chi connectivity index (χ4n) is 3.13. The van der Waals surface area contributed by atoms with E-state index in [2.05, 4.69) is 26.5 Å².